The fraction of sp³-hybridized carbons (Fsp3) is 0.625. The lowest BCUT2D eigenvalue weighted by molar-refractivity contribution is -0.384. The number of halogens is 1. The SMILES string of the molecule is CCC(C)CCC(CI)CCc1ccc([N+](=O)[O-])cc1. The molecule has 4 heteroatoms. The monoisotopic (exact) mass is 389 g/mol. The summed E-state index contributed by atoms with van der Waals surface area (Å²) in [5.41, 5.74) is 1.38. The first-order chi connectivity index (χ1) is 9.56. The smallest absolute Gasteiger partial charge is 0.258 e. The molecule has 0 aliphatic rings. The molecule has 0 fully saturated rings. The summed E-state index contributed by atoms with van der Waals surface area (Å²) in [6, 6.07) is 6.98. The van der Waals surface area contributed by atoms with E-state index in [9.17, 15) is 10.1 Å². The van der Waals surface area contributed by atoms with Crippen molar-refractivity contribution >= 4 is 28.3 Å². The van der Waals surface area contributed by atoms with E-state index in [0.29, 0.717) is 0 Å². The van der Waals surface area contributed by atoms with Gasteiger partial charge in [-0.15, -0.1) is 0 Å². The lowest BCUT2D eigenvalue weighted by Crippen LogP contribution is -2.06. The Kier molecular flexibility index (Phi) is 8.11. The second-order valence-corrected chi connectivity index (χ2v) is 6.45. The van der Waals surface area contributed by atoms with Gasteiger partial charge in [0, 0.05) is 16.6 Å². The molecule has 20 heavy (non-hydrogen) atoms. The predicted octanol–water partition coefficient (Wildman–Crippen LogP) is 5.40. The third-order valence-electron chi connectivity index (χ3n) is 3.97. The van der Waals surface area contributed by atoms with Gasteiger partial charge in [0.05, 0.1) is 4.92 Å². The van der Waals surface area contributed by atoms with Gasteiger partial charge in [0.25, 0.3) is 5.69 Å². The van der Waals surface area contributed by atoms with Gasteiger partial charge in [0.2, 0.25) is 0 Å². The van der Waals surface area contributed by atoms with Crippen LogP contribution in [-0.2, 0) is 6.42 Å². The molecular formula is C16H24INO2. The Bertz CT molecular complexity index is 405. The van der Waals surface area contributed by atoms with Crippen LogP contribution < -0.4 is 0 Å². The molecule has 0 aromatic heterocycles. The molecule has 1 aromatic rings. The summed E-state index contributed by atoms with van der Waals surface area (Å²) >= 11 is 2.48. The summed E-state index contributed by atoms with van der Waals surface area (Å²) in [6.07, 6.45) is 6.06. The van der Waals surface area contributed by atoms with Crippen molar-refractivity contribution in [3.63, 3.8) is 0 Å². The summed E-state index contributed by atoms with van der Waals surface area (Å²) in [4.78, 5) is 10.3. The van der Waals surface area contributed by atoms with Gasteiger partial charge in [-0.2, -0.15) is 0 Å². The van der Waals surface area contributed by atoms with Crippen LogP contribution in [0.3, 0.4) is 0 Å². The highest BCUT2D eigenvalue weighted by Gasteiger charge is 2.10. The van der Waals surface area contributed by atoms with Gasteiger partial charge in [-0.1, -0.05) is 61.4 Å². The van der Waals surface area contributed by atoms with Crippen LogP contribution in [0.15, 0.2) is 24.3 Å². The molecule has 0 aliphatic heterocycles. The maximum atomic E-state index is 10.6. The fourth-order valence-corrected chi connectivity index (χ4v) is 3.06. The molecule has 0 aliphatic carbocycles. The summed E-state index contributed by atoms with van der Waals surface area (Å²) < 4.78 is 1.20. The number of aryl methyl sites for hydroxylation is 1. The number of benzene rings is 1. The van der Waals surface area contributed by atoms with E-state index in [1.165, 1.54) is 35.7 Å². The second-order valence-electron chi connectivity index (χ2n) is 5.57. The average Bonchev–Trinajstić information content (AvgIpc) is 2.47. The van der Waals surface area contributed by atoms with E-state index in [2.05, 4.69) is 36.4 Å². The van der Waals surface area contributed by atoms with Gasteiger partial charge in [-0.05, 0) is 36.7 Å². The average molecular weight is 389 g/mol. The van der Waals surface area contributed by atoms with Gasteiger partial charge >= 0.3 is 0 Å². The molecule has 112 valence electrons. The van der Waals surface area contributed by atoms with Crippen molar-refractivity contribution in [1.82, 2.24) is 0 Å². The normalized spacial score (nSPS) is 13.9. The zero-order chi connectivity index (χ0) is 15.0. The lowest BCUT2D eigenvalue weighted by atomic mass is 9.92. The van der Waals surface area contributed by atoms with E-state index in [1.807, 2.05) is 12.1 Å². The predicted molar refractivity (Wildman–Crippen MR) is 92.5 cm³/mol. The number of non-ortho nitro benzene ring substituents is 1. The van der Waals surface area contributed by atoms with E-state index in [0.717, 1.165) is 18.3 Å². The highest BCUT2D eigenvalue weighted by atomic mass is 127. The minimum absolute atomic E-state index is 0.177. The molecule has 0 saturated carbocycles. The van der Waals surface area contributed by atoms with Crippen LogP contribution in [0.4, 0.5) is 5.69 Å². The lowest BCUT2D eigenvalue weighted by Gasteiger charge is -2.16. The van der Waals surface area contributed by atoms with E-state index in [-0.39, 0.29) is 10.6 Å². The molecule has 2 atom stereocenters. The van der Waals surface area contributed by atoms with Gasteiger partial charge < -0.3 is 0 Å². The summed E-state index contributed by atoms with van der Waals surface area (Å²) in [7, 11) is 0. The molecule has 3 nitrogen and oxygen atoms in total. The number of nitro benzene ring substituents is 1. The Hall–Kier alpha value is -0.650. The van der Waals surface area contributed by atoms with Crippen LogP contribution in [0.1, 0.15) is 45.1 Å². The standard InChI is InChI=1S/C16H24INO2/c1-3-13(2)4-5-15(12-17)7-6-14-8-10-16(11-9-14)18(19)20/h8-11,13,15H,3-7,12H2,1-2H3. The molecule has 0 saturated heterocycles. The van der Waals surface area contributed by atoms with E-state index >= 15 is 0 Å². The van der Waals surface area contributed by atoms with Crippen LogP contribution in [0.5, 0.6) is 0 Å². The van der Waals surface area contributed by atoms with Crippen molar-refractivity contribution in [3.05, 3.63) is 39.9 Å². The quantitative estimate of drug-likeness (QED) is 0.246. The van der Waals surface area contributed by atoms with Crippen molar-refractivity contribution < 1.29 is 4.92 Å². The zero-order valence-electron chi connectivity index (χ0n) is 12.3. The number of alkyl halides is 1. The Labute approximate surface area is 135 Å². The number of nitrogens with zero attached hydrogens (tertiary/aromatic N) is 1. The third kappa shape index (κ3) is 6.20. The van der Waals surface area contributed by atoms with Crippen molar-refractivity contribution in [2.75, 3.05) is 4.43 Å². The molecule has 0 N–H and O–H groups in total. The molecule has 1 rings (SSSR count). The molecular weight excluding hydrogens is 365 g/mol. The molecule has 0 amide bonds. The third-order valence-corrected chi connectivity index (χ3v) is 5.22. The summed E-state index contributed by atoms with van der Waals surface area (Å²) in [5, 5.41) is 10.6. The number of hydrogen-bond acceptors (Lipinski definition) is 2. The van der Waals surface area contributed by atoms with Crippen LogP contribution in [-0.4, -0.2) is 9.35 Å². The van der Waals surface area contributed by atoms with Crippen molar-refractivity contribution in [2.45, 2.75) is 46.0 Å². The van der Waals surface area contributed by atoms with Crippen LogP contribution in [0, 0.1) is 22.0 Å². The Balaban J connectivity index is 2.41. The zero-order valence-corrected chi connectivity index (χ0v) is 14.5. The minimum atomic E-state index is -0.344. The topological polar surface area (TPSA) is 43.1 Å². The molecule has 0 heterocycles. The van der Waals surface area contributed by atoms with Gasteiger partial charge in [-0.3, -0.25) is 10.1 Å². The number of rotatable bonds is 9. The highest BCUT2D eigenvalue weighted by Crippen LogP contribution is 2.22. The first kappa shape index (κ1) is 17.4. The van der Waals surface area contributed by atoms with Gasteiger partial charge in [0.1, 0.15) is 0 Å². The summed E-state index contributed by atoms with van der Waals surface area (Å²) in [5.74, 6) is 1.58. The van der Waals surface area contributed by atoms with Crippen LogP contribution in [0.2, 0.25) is 0 Å². The van der Waals surface area contributed by atoms with E-state index < -0.39 is 0 Å². The molecule has 0 radical (unpaired) electrons. The number of nitro groups is 1. The van der Waals surface area contributed by atoms with E-state index in [4.69, 9.17) is 0 Å². The summed E-state index contributed by atoms with van der Waals surface area (Å²) in [6.45, 7) is 4.57. The highest BCUT2D eigenvalue weighted by molar-refractivity contribution is 14.1. The molecule has 2 unspecified atom stereocenters. The fourth-order valence-electron chi connectivity index (χ4n) is 2.18. The largest absolute Gasteiger partial charge is 0.269 e. The Morgan fingerprint density at radius 1 is 1.20 bits per heavy atom. The van der Waals surface area contributed by atoms with Gasteiger partial charge in [0.15, 0.2) is 0 Å². The first-order valence-electron chi connectivity index (χ1n) is 7.36. The van der Waals surface area contributed by atoms with Crippen molar-refractivity contribution in [1.29, 1.82) is 0 Å². The van der Waals surface area contributed by atoms with Crippen molar-refractivity contribution in [2.24, 2.45) is 11.8 Å². The Morgan fingerprint density at radius 3 is 2.35 bits per heavy atom. The molecule has 0 bridgehead atoms. The van der Waals surface area contributed by atoms with Crippen LogP contribution in [0.25, 0.3) is 0 Å². The van der Waals surface area contributed by atoms with Gasteiger partial charge in [-0.25, -0.2) is 0 Å². The van der Waals surface area contributed by atoms with E-state index in [1.54, 1.807) is 12.1 Å². The maximum absolute atomic E-state index is 10.6. The minimum Gasteiger partial charge on any atom is -0.258 e. The Morgan fingerprint density at radius 2 is 1.85 bits per heavy atom. The molecule has 0 spiro atoms. The first-order valence-corrected chi connectivity index (χ1v) is 8.88. The second kappa shape index (κ2) is 9.32. The molecule has 1 aromatic carbocycles. The van der Waals surface area contributed by atoms with Crippen molar-refractivity contribution in [3.8, 4) is 0 Å². The maximum Gasteiger partial charge on any atom is 0.269 e. The van der Waals surface area contributed by atoms with Crippen LogP contribution >= 0.6 is 22.6 Å². The number of hydrogen-bond donors (Lipinski definition) is 0.